The van der Waals surface area contributed by atoms with Crippen LogP contribution in [0, 0.1) is 0 Å². The summed E-state index contributed by atoms with van der Waals surface area (Å²) in [4.78, 5) is 12.4. The van der Waals surface area contributed by atoms with Crippen LogP contribution in [0.1, 0.15) is 226 Å². The smallest absolute Gasteiger partial charge is 0.223 e. The van der Waals surface area contributed by atoms with Gasteiger partial charge >= 0.3 is 0 Å². The van der Waals surface area contributed by atoms with E-state index in [9.17, 15) is 20.1 Å². The number of nitrogens with one attached hydrogen (secondary N) is 1. The van der Waals surface area contributed by atoms with E-state index in [1.165, 1.54) is 173 Å². The van der Waals surface area contributed by atoms with Gasteiger partial charge < -0.3 is 20.6 Å². The number of aliphatic hydroxyl groups is 3. The van der Waals surface area contributed by atoms with E-state index in [1.807, 2.05) is 6.08 Å². The highest BCUT2D eigenvalue weighted by Crippen LogP contribution is 2.16. The Bertz CT molecular complexity index is 724. The van der Waals surface area contributed by atoms with Gasteiger partial charge in [0.15, 0.2) is 0 Å². The molecule has 0 spiro atoms. The minimum atomic E-state index is -0.868. The topological polar surface area (TPSA) is 89.8 Å². The first-order chi connectivity index (χ1) is 24.0. The fraction of sp³-hybridized carbons (Fsp3) is 0.886. The molecule has 5 nitrogen and oxygen atoms in total. The summed E-state index contributed by atoms with van der Waals surface area (Å²) >= 11 is 0. The van der Waals surface area contributed by atoms with Gasteiger partial charge in [0.2, 0.25) is 5.91 Å². The van der Waals surface area contributed by atoms with Crippen molar-refractivity contribution in [1.29, 1.82) is 0 Å². The predicted molar refractivity (Wildman–Crippen MR) is 213 cm³/mol. The lowest BCUT2D eigenvalue weighted by Gasteiger charge is -2.22. The predicted octanol–water partition coefficient (Wildman–Crippen LogP) is 12.2. The van der Waals surface area contributed by atoms with Gasteiger partial charge in [-0.2, -0.15) is 0 Å². The van der Waals surface area contributed by atoms with Crippen molar-refractivity contribution < 1.29 is 20.1 Å². The molecule has 5 heteroatoms. The van der Waals surface area contributed by atoms with Crippen LogP contribution in [0.5, 0.6) is 0 Å². The Labute approximate surface area is 305 Å². The molecule has 1 amide bonds. The van der Waals surface area contributed by atoms with E-state index >= 15 is 0 Å². The second kappa shape index (κ2) is 39.6. The van der Waals surface area contributed by atoms with Crippen LogP contribution in [0.25, 0.3) is 0 Å². The van der Waals surface area contributed by atoms with Crippen LogP contribution < -0.4 is 5.32 Å². The molecule has 0 rings (SSSR count). The van der Waals surface area contributed by atoms with Crippen LogP contribution >= 0.6 is 0 Å². The maximum atomic E-state index is 12.4. The monoisotopic (exact) mass is 692 g/mol. The van der Waals surface area contributed by atoms with Crippen molar-refractivity contribution in [3.05, 3.63) is 24.3 Å². The first kappa shape index (κ1) is 47.8. The van der Waals surface area contributed by atoms with Crippen molar-refractivity contribution in [1.82, 2.24) is 5.32 Å². The molecule has 3 unspecified atom stereocenters. The van der Waals surface area contributed by atoms with Gasteiger partial charge in [0.05, 0.1) is 31.3 Å². The summed E-state index contributed by atoms with van der Waals surface area (Å²) in [6, 6.07) is -0.687. The molecule has 0 radical (unpaired) electrons. The molecule has 49 heavy (non-hydrogen) atoms. The van der Waals surface area contributed by atoms with Crippen molar-refractivity contribution in [3.8, 4) is 0 Å². The van der Waals surface area contributed by atoms with E-state index in [-0.39, 0.29) is 18.9 Å². The highest BCUT2D eigenvalue weighted by atomic mass is 16.3. The normalized spacial score (nSPS) is 13.8. The second-order valence-electron chi connectivity index (χ2n) is 15.0. The minimum absolute atomic E-state index is 0.0688. The highest BCUT2D eigenvalue weighted by Gasteiger charge is 2.21. The zero-order valence-corrected chi connectivity index (χ0v) is 32.8. The third-order valence-corrected chi connectivity index (χ3v) is 10.0. The van der Waals surface area contributed by atoms with E-state index in [4.69, 9.17) is 0 Å². The van der Waals surface area contributed by atoms with E-state index in [0.717, 1.165) is 25.7 Å². The number of aliphatic hydroxyl groups excluding tert-OH is 3. The lowest BCUT2D eigenvalue weighted by molar-refractivity contribution is -0.124. The van der Waals surface area contributed by atoms with Gasteiger partial charge in [-0.25, -0.2) is 0 Å². The van der Waals surface area contributed by atoms with Crippen LogP contribution in [0.15, 0.2) is 24.3 Å². The second-order valence-corrected chi connectivity index (χ2v) is 15.0. The Morgan fingerprint density at radius 2 is 0.918 bits per heavy atom. The maximum absolute atomic E-state index is 12.4. The van der Waals surface area contributed by atoms with Crippen LogP contribution in [-0.4, -0.2) is 46.1 Å². The number of rotatable bonds is 39. The summed E-state index contributed by atoms with van der Waals surface area (Å²) in [6.45, 7) is 4.22. The molecule has 0 saturated carbocycles. The molecule has 0 fully saturated rings. The van der Waals surface area contributed by atoms with E-state index in [1.54, 1.807) is 6.08 Å². The number of carbonyl (C=O) groups is 1. The van der Waals surface area contributed by atoms with Gasteiger partial charge in [-0.05, 0) is 25.7 Å². The molecule has 0 aromatic heterocycles. The first-order valence-electron chi connectivity index (χ1n) is 21.6. The lowest BCUT2D eigenvalue weighted by atomic mass is 10.0. The fourth-order valence-corrected chi connectivity index (χ4v) is 6.70. The average Bonchev–Trinajstić information content (AvgIpc) is 3.09. The number of amides is 1. The number of hydrogen-bond acceptors (Lipinski definition) is 4. The molecule has 0 heterocycles. The summed E-state index contributed by atoms with van der Waals surface area (Å²) in [5.74, 6) is -0.349. The minimum Gasteiger partial charge on any atom is -0.394 e. The molecule has 0 saturated heterocycles. The molecule has 3 atom stereocenters. The van der Waals surface area contributed by atoms with Gasteiger partial charge in [-0.15, -0.1) is 0 Å². The molecule has 0 aliphatic heterocycles. The summed E-state index contributed by atoms with van der Waals surface area (Å²) in [5, 5.41) is 33.1. The highest BCUT2D eigenvalue weighted by molar-refractivity contribution is 5.77. The van der Waals surface area contributed by atoms with Gasteiger partial charge in [0.1, 0.15) is 0 Å². The van der Waals surface area contributed by atoms with Crippen molar-refractivity contribution in [2.24, 2.45) is 0 Å². The van der Waals surface area contributed by atoms with Crippen LogP contribution in [0.2, 0.25) is 0 Å². The number of hydrogen-bond donors (Lipinski definition) is 4. The SMILES string of the molecule is CCCCCCCC/C=C\C/C=C\C(O)CC(=O)NC(CO)C(O)CCCCCCCCCCCCCCCCCCCCCCCCC. The molecule has 0 aromatic rings. The first-order valence-corrected chi connectivity index (χ1v) is 21.6. The lowest BCUT2D eigenvalue weighted by Crippen LogP contribution is -2.46. The maximum Gasteiger partial charge on any atom is 0.223 e. The third-order valence-electron chi connectivity index (χ3n) is 10.0. The van der Waals surface area contributed by atoms with Crippen LogP contribution in [0.4, 0.5) is 0 Å². The zero-order chi connectivity index (χ0) is 35.9. The summed E-state index contributed by atoms with van der Waals surface area (Å²) in [5.41, 5.74) is 0. The van der Waals surface area contributed by atoms with Crippen molar-refractivity contribution in [2.75, 3.05) is 6.61 Å². The standard InChI is InChI=1S/C44H85NO4/c1-3-5-7-9-11-13-15-16-17-18-19-20-21-22-23-24-25-26-28-30-32-34-36-38-43(48)42(40-46)45-44(49)39-41(47)37-35-33-31-29-27-14-12-10-8-6-4-2/h29,31,35,37,41-43,46-48H,3-28,30,32-34,36,38-40H2,1-2H3,(H,45,49)/b31-29-,37-35-. The number of unbranched alkanes of at least 4 members (excludes halogenated alkanes) is 28. The van der Waals surface area contributed by atoms with Crippen molar-refractivity contribution in [3.63, 3.8) is 0 Å². The molecule has 290 valence electrons. The Morgan fingerprint density at radius 1 is 0.531 bits per heavy atom. The van der Waals surface area contributed by atoms with Crippen molar-refractivity contribution >= 4 is 5.91 Å². The Kier molecular flexibility index (Phi) is 38.7. The van der Waals surface area contributed by atoms with Gasteiger partial charge in [0, 0.05) is 0 Å². The molecule has 4 N–H and O–H groups in total. The number of carbonyl (C=O) groups excluding carboxylic acids is 1. The largest absolute Gasteiger partial charge is 0.394 e. The fourth-order valence-electron chi connectivity index (χ4n) is 6.70. The van der Waals surface area contributed by atoms with Crippen molar-refractivity contribution in [2.45, 2.75) is 244 Å². The quantitative estimate of drug-likeness (QED) is 0.0381. The zero-order valence-electron chi connectivity index (χ0n) is 32.8. The molecule has 0 bridgehead atoms. The Balaban J connectivity index is 3.61. The Hall–Kier alpha value is -1.17. The molecule has 0 aliphatic carbocycles. The summed E-state index contributed by atoms with van der Waals surface area (Å²) < 4.78 is 0. The van der Waals surface area contributed by atoms with Crippen LogP contribution in [0.3, 0.4) is 0 Å². The van der Waals surface area contributed by atoms with E-state index in [2.05, 4.69) is 31.3 Å². The molecular formula is C44H85NO4. The summed E-state index contributed by atoms with van der Waals surface area (Å²) in [7, 11) is 0. The van der Waals surface area contributed by atoms with Crippen LogP contribution in [-0.2, 0) is 4.79 Å². The average molecular weight is 692 g/mol. The Morgan fingerprint density at radius 3 is 1.33 bits per heavy atom. The third kappa shape index (κ3) is 36.4. The number of allylic oxidation sites excluding steroid dienone is 3. The molecule has 0 aliphatic rings. The van der Waals surface area contributed by atoms with Gasteiger partial charge in [-0.3, -0.25) is 4.79 Å². The van der Waals surface area contributed by atoms with E-state index < -0.39 is 18.2 Å². The van der Waals surface area contributed by atoms with Gasteiger partial charge in [-0.1, -0.05) is 218 Å². The molecular weight excluding hydrogens is 606 g/mol. The van der Waals surface area contributed by atoms with E-state index in [0.29, 0.717) is 6.42 Å². The molecule has 0 aromatic carbocycles. The van der Waals surface area contributed by atoms with Gasteiger partial charge in [0.25, 0.3) is 0 Å². The summed E-state index contributed by atoms with van der Waals surface area (Å²) in [6.07, 6.45) is 47.5.